The van der Waals surface area contributed by atoms with Gasteiger partial charge in [0, 0.05) is 10.5 Å². The molecule has 2 aliphatic rings. The number of allylic oxidation sites excluding steroid dienone is 2. The van der Waals surface area contributed by atoms with Crippen molar-refractivity contribution in [3.63, 3.8) is 0 Å². The molecule has 0 N–H and O–H groups in total. The Bertz CT molecular complexity index is 142. The number of hydrogen-bond acceptors (Lipinski definition) is 2. The van der Waals surface area contributed by atoms with Crippen LogP contribution in [-0.2, 0) is 0 Å². The molecule has 0 amide bonds. The van der Waals surface area contributed by atoms with Gasteiger partial charge in [-0.1, -0.05) is 45.9 Å². The summed E-state index contributed by atoms with van der Waals surface area (Å²) in [6.07, 6.45) is 10.2. The van der Waals surface area contributed by atoms with Crippen LogP contribution in [0.5, 0.6) is 0 Å². The molecule has 48 valence electrons. The van der Waals surface area contributed by atoms with Gasteiger partial charge in [-0.25, -0.2) is 0 Å². The normalized spacial score (nSPS) is 39.1. The highest BCUT2D eigenvalue weighted by atomic mass is 33.1. The molecule has 1 aliphatic carbocycles. The summed E-state index contributed by atoms with van der Waals surface area (Å²) in [7, 11) is 4.01. The largest absolute Gasteiger partial charge is 0.0859 e. The third-order valence-electron chi connectivity index (χ3n) is 1.53. The van der Waals surface area contributed by atoms with Crippen LogP contribution in [0.25, 0.3) is 0 Å². The molecule has 0 aromatic heterocycles. The number of hydrogen-bond donors (Lipinski definition) is 0. The molecule has 0 saturated carbocycles. The Morgan fingerprint density at radius 3 is 2.11 bits per heavy atom. The SMILES string of the molecule is C1=CC2CC(C=C1)SS2. The van der Waals surface area contributed by atoms with Gasteiger partial charge >= 0.3 is 0 Å². The molecular weight excluding hydrogens is 148 g/mol. The highest BCUT2D eigenvalue weighted by Gasteiger charge is 2.22. The molecule has 2 heteroatoms. The second kappa shape index (κ2) is 2.43. The van der Waals surface area contributed by atoms with Crippen LogP contribution in [0.15, 0.2) is 24.3 Å². The molecule has 1 saturated heterocycles. The van der Waals surface area contributed by atoms with Crippen molar-refractivity contribution in [3.8, 4) is 0 Å². The van der Waals surface area contributed by atoms with Crippen molar-refractivity contribution in [2.24, 2.45) is 0 Å². The summed E-state index contributed by atoms with van der Waals surface area (Å²) in [6.45, 7) is 0. The molecule has 0 aromatic carbocycles. The van der Waals surface area contributed by atoms with E-state index in [1.807, 2.05) is 21.6 Å². The Labute approximate surface area is 63.2 Å². The van der Waals surface area contributed by atoms with E-state index >= 15 is 0 Å². The van der Waals surface area contributed by atoms with Crippen molar-refractivity contribution in [1.82, 2.24) is 0 Å². The summed E-state index contributed by atoms with van der Waals surface area (Å²) in [5, 5.41) is 1.57. The Morgan fingerprint density at radius 1 is 1.00 bits per heavy atom. The summed E-state index contributed by atoms with van der Waals surface area (Å²) in [4.78, 5) is 0. The van der Waals surface area contributed by atoms with E-state index in [1.54, 1.807) is 0 Å². The fourth-order valence-corrected chi connectivity index (χ4v) is 4.05. The van der Waals surface area contributed by atoms with Gasteiger partial charge < -0.3 is 0 Å². The van der Waals surface area contributed by atoms with Crippen LogP contribution in [0.3, 0.4) is 0 Å². The van der Waals surface area contributed by atoms with Crippen molar-refractivity contribution >= 4 is 21.6 Å². The van der Waals surface area contributed by atoms with Gasteiger partial charge in [0.2, 0.25) is 0 Å². The van der Waals surface area contributed by atoms with Gasteiger partial charge in [0.1, 0.15) is 0 Å². The Morgan fingerprint density at radius 2 is 1.56 bits per heavy atom. The quantitative estimate of drug-likeness (QED) is 0.494. The molecule has 0 radical (unpaired) electrons. The van der Waals surface area contributed by atoms with E-state index in [9.17, 15) is 0 Å². The average molecular weight is 156 g/mol. The van der Waals surface area contributed by atoms with Gasteiger partial charge in [0.15, 0.2) is 0 Å². The molecule has 1 heterocycles. The second-order valence-corrected chi connectivity index (χ2v) is 5.03. The first kappa shape index (κ1) is 5.93. The van der Waals surface area contributed by atoms with Crippen molar-refractivity contribution in [2.45, 2.75) is 16.9 Å². The molecule has 1 aliphatic heterocycles. The van der Waals surface area contributed by atoms with Crippen LogP contribution >= 0.6 is 21.6 Å². The van der Waals surface area contributed by atoms with Crippen LogP contribution in [0.1, 0.15) is 6.42 Å². The van der Waals surface area contributed by atoms with Crippen molar-refractivity contribution in [2.75, 3.05) is 0 Å². The van der Waals surface area contributed by atoms with Gasteiger partial charge in [-0.15, -0.1) is 0 Å². The number of fused-ring (bicyclic) bond motifs is 2. The lowest BCUT2D eigenvalue weighted by Crippen LogP contribution is -1.95. The zero-order valence-corrected chi connectivity index (χ0v) is 6.62. The molecule has 1 fully saturated rings. The predicted molar refractivity (Wildman–Crippen MR) is 45.7 cm³/mol. The molecule has 0 aromatic rings. The van der Waals surface area contributed by atoms with Crippen molar-refractivity contribution < 1.29 is 0 Å². The zero-order chi connectivity index (χ0) is 6.10. The Balaban J connectivity index is 2.20. The fourth-order valence-electron chi connectivity index (χ4n) is 1.05. The van der Waals surface area contributed by atoms with Gasteiger partial charge in [0.25, 0.3) is 0 Å². The predicted octanol–water partition coefficient (Wildman–Crippen LogP) is 2.63. The van der Waals surface area contributed by atoms with Crippen molar-refractivity contribution in [1.29, 1.82) is 0 Å². The Kier molecular flexibility index (Phi) is 1.60. The summed E-state index contributed by atoms with van der Waals surface area (Å²) in [5.74, 6) is 0. The monoisotopic (exact) mass is 156 g/mol. The van der Waals surface area contributed by atoms with E-state index in [1.165, 1.54) is 6.42 Å². The van der Waals surface area contributed by atoms with Crippen LogP contribution in [-0.4, -0.2) is 10.5 Å². The van der Waals surface area contributed by atoms with Gasteiger partial charge in [-0.05, 0) is 6.42 Å². The highest BCUT2D eigenvalue weighted by Crippen LogP contribution is 2.45. The lowest BCUT2D eigenvalue weighted by Gasteiger charge is -1.94. The summed E-state index contributed by atoms with van der Waals surface area (Å²) in [6, 6.07) is 0. The van der Waals surface area contributed by atoms with Gasteiger partial charge in [0.05, 0.1) is 0 Å². The highest BCUT2D eigenvalue weighted by molar-refractivity contribution is 8.77. The maximum Gasteiger partial charge on any atom is 0.0348 e. The van der Waals surface area contributed by atoms with Gasteiger partial charge in [-0.2, -0.15) is 0 Å². The molecule has 9 heavy (non-hydrogen) atoms. The molecule has 2 unspecified atom stereocenters. The molecule has 0 nitrogen and oxygen atoms in total. The van der Waals surface area contributed by atoms with Crippen LogP contribution < -0.4 is 0 Å². The number of rotatable bonds is 0. The molecular formula is C7H8S2. The first-order chi connectivity index (χ1) is 4.45. The first-order valence-corrected chi connectivity index (χ1v) is 5.40. The summed E-state index contributed by atoms with van der Waals surface area (Å²) < 4.78 is 0. The Hall–Kier alpha value is 0.180. The fraction of sp³-hybridized carbons (Fsp3) is 0.429. The van der Waals surface area contributed by atoms with E-state index in [-0.39, 0.29) is 0 Å². The van der Waals surface area contributed by atoms with E-state index in [2.05, 4.69) is 24.3 Å². The maximum atomic E-state index is 2.29. The summed E-state index contributed by atoms with van der Waals surface area (Å²) >= 11 is 0. The topological polar surface area (TPSA) is 0 Å². The zero-order valence-electron chi connectivity index (χ0n) is 4.99. The second-order valence-electron chi connectivity index (χ2n) is 2.27. The minimum Gasteiger partial charge on any atom is -0.0859 e. The van der Waals surface area contributed by atoms with E-state index in [4.69, 9.17) is 0 Å². The lowest BCUT2D eigenvalue weighted by molar-refractivity contribution is 0.926. The molecule has 2 rings (SSSR count). The smallest absolute Gasteiger partial charge is 0.0348 e. The third kappa shape index (κ3) is 1.19. The third-order valence-corrected chi connectivity index (χ3v) is 4.65. The van der Waals surface area contributed by atoms with Crippen molar-refractivity contribution in [3.05, 3.63) is 24.3 Å². The minimum absolute atomic E-state index is 0.787. The van der Waals surface area contributed by atoms with Gasteiger partial charge in [-0.3, -0.25) is 0 Å². The summed E-state index contributed by atoms with van der Waals surface area (Å²) in [5.41, 5.74) is 0. The lowest BCUT2D eigenvalue weighted by atomic mass is 10.2. The van der Waals surface area contributed by atoms with E-state index in [0.717, 1.165) is 10.5 Å². The minimum atomic E-state index is 0.787. The van der Waals surface area contributed by atoms with Crippen LogP contribution in [0, 0.1) is 0 Å². The van der Waals surface area contributed by atoms with Crippen LogP contribution in [0.2, 0.25) is 0 Å². The van der Waals surface area contributed by atoms with Crippen LogP contribution in [0.4, 0.5) is 0 Å². The maximum absolute atomic E-state index is 2.29. The molecule has 2 bridgehead atoms. The standard InChI is InChI=1S/C7H8S2/c1-2-4-7-5-6(3-1)8-9-7/h1-4,6-7H,5H2. The molecule has 0 spiro atoms. The molecule has 2 atom stereocenters. The average Bonchev–Trinajstić information content (AvgIpc) is 2.09. The van der Waals surface area contributed by atoms with E-state index in [0.29, 0.717) is 0 Å². The van der Waals surface area contributed by atoms with E-state index < -0.39 is 0 Å². The first-order valence-electron chi connectivity index (χ1n) is 3.12.